The van der Waals surface area contributed by atoms with Crippen molar-refractivity contribution in [2.75, 3.05) is 13.1 Å². The van der Waals surface area contributed by atoms with E-state index in [2.05, 4.69) is 10.6 Å². The van der Waals surface area contributed by atoms with Crippen LogP contribution in [0.25, 0.3) is 0 Å². The molecule has 1 aliphatic rings. The second kappa shape index (κ2) is 3.90. The Balaban J connectivity index is 2.30. The average Bonchev–Trinajstić information content (AvgIpc) is 2.68. The van der Waals surface area contributed by atoms with Gasteiger partial charge in [0.15, 0.2) is 0 Å². The van der Waals surface area contributed by atoms with Crippen molar-refractivity contribution < 1.29 is 9.90 Å². The number of hydrogen-bond donors (Lipinski definition) is 3. The lowest BCUT2D eigenvalue weighted by atomic mass is 9.89. The molecule has 0 aliphatic carbocycles. The number of carbonyl (C=O) groups is 1. The van der Waals surface area contributed by atoms with Gasteiger partial charge >= 0.3 is 6.09 Å². The third-order valence-electron chi connectivity index (χ3n) is 2.83. The Bertz CT molecular complexity index is 345. The van der Waals surface area contributed by atoms with E-state index in [0.29, 0.717) is 6.54 Å². The normalized spacial score (nSPS) is 25.1. The van der Waals surface area contributed by atoms with Crippen molar-refractivity contribution in [2.24, 2.45) is 0 Å². The van der Waals surface area contributed by atoms with Crippen LogP contribution in [0.15, 0.2) is 30.3 Å². The zero-order valence-corrected chi connectivity index (χ0v) is 8.36. The van der Waals surface area contributed by atoms with E-state index >= 15 is 0 Å². The fourth-order valence-corrected chi connectivity index (χ4v) is 2.08. The Morgan fingerprint density at radius 3 is 2.67 bits per heavy atom. The van der Waals surface area contributed by atoms with Crippen LogP contribution in [0.3, 0.4) is 0 Å². The van der Waals surface area contributed by atoms with E-state index in [4.69, 9.17) is 5.11 Å². The molecule has 3 N–H and O–H groups in total. The summed E-state index contributed by atoms with van der Waals surface area (Å²) < 4.78 is 0. The fourth-order valence-electron chi connectivity index (χ4n) is 2.08. The zero-order chi connectivity index (χ0) is 10.7. The summed E-state index contributed by atoms with van der Waals surface area (Å²) in [5.74, 6) is 0. The second-order valence-electron chi connectivity index (χ2n) is 3.81. The molecule has 0 aromatic heterocycles. The molecule has 1 amide bonds. The molecule has 1 aliphatic heterocycles. The summed E-state index contributed by atoms with van der Waals surface area (Å²) in [6, 6.07) is 9.71. The standard InChI is InChI=1S/C11H14N2O2/c14-10(15)13-11(6-7-12-8-11)9-4-2-1-3-5-9/h1-5,12-13H,6-8H2,(H,14,15). The third kappa shape index (κ3) is 1.94. The van der Waals surface area contributed by atoms with Crippen LogP contribution in [-0.2, 0) is 5.54 Å². The molecule has 1 atom stereocenters. The molecule has 0 bridgehead atoms. The van der Waals surface area contributed by atoms with E-state index in [1.54, 1.807) is 0 Å². The fraction of sp³-hybridized carbons (Fsp3) is 0.364. The SMILES string of the molecule is O=C(O)NC1(c2ccccc2)CCNC1. The van der Waals surface area contributed by atoms with Gasteiger partial charge in [-0.05, 0) is 18.5 Å². The minimum Gasteiger partial charge on any atom is -0.465 e. The van der Waals surface area contributed by atoms with Gasteiger partial charge in [0.05, 0.1) is 5.54 Å². The predicted molar refractivity (Wildman–Crippen MR) is 56.8 cm³/mol. The second-order valence-corrected chi connectivity index (χ2v) is 3.81. The monoisotopic (exact) mass is 206 g/mol. The summed E-state index contributed by atoms with van der Waals surface area (Å²) in [6.07, 6.45) is -0.175. The highest BCUT2D eigenvalue weighted by molar-refractivity contribution is 5.66. The highest BCUT2D eigenvalue weighted by Gasteiger charge is 2.36. The third-order valence-corrected chi connectivity index (χ3v) is 2.83. The molecule has 1 saturated heterocycles. The highest BCUT2D eigenvalue weighted by Crippen LogP contribution is 2.27. The topological polar surface area (TPSA) is 61.4 Å². The number of amides is 1. The molecule has 0 radical (unpaired) electrons. The maximum absolute atomic E-state index is 10.8. The molecule has 1 fully saturated rings. The molecule has 1 heterocycles. The zero-order valence-electron chi connectivity index (χ0n) is 8.36. The molecule has 0 saturated carbocycles. The highest BCUT2D eigenvalue weighted by atomic mass is 16.4. The molecule has 1 aromatic carbocycles. The maximum Gasteiger partial charge on any atom is 0.405 e. The van der Waals surface area contributed by atoms with Gasteiger partial charge in [-0.25, -0.2) is 4.79 Å². The van der Waals surface area contributed by atoms with Crippen molar-refractivity contribution in [1.82, 2.24) is 10.6 Å². The number of benzene rings is 1. The van der Waals surface area contributed by atoms with E-state index in [-0.39, 0.29) is 0 Å². The molecule has 4 nitrogen and oxygen atoms in total. The van der Waals surface area contributed by atoms with Crippen LogP contribution in [0.2, 0.25) is 0 Å². The van der Waals surface area contributed by atoms with Gasteiger partial charge in [-0.15, -0.1) is 0 Å². The van der Waals surface area contributed by atoms with Crippen LogP contribution in [0.5, 0.6) is 0 Å². The van der Waals surface area contributed by atoms with E-state index in [1.807, 2.05) is 30.3 Å². The van der Waals surface area contributed by atoms with Crippen LogP contribution < -0.4 is 10.6 Å². The van der Waals surface area contributed by atoms with Crippen molar-refractivity contribution in [3.05, 3.63) is 35.9 Å². The molecule has 0 spiro atoms. The van der Waals surface area contributed by atoms with Gasteiger partial charge in [-0.3, -0.25) is 0 Å². The van der Waals surface area contributed by atoms with Crippen LogP contribution in [0, 0.1) is 0 Å². The molecule has 4 heteroatoms. The molecule has 2 rings (SSSR count). The molecule has 1 unspecified atom stereocenters. The number of nitrogens with one attached hydrogen (secondary N) is 2. The number of carboxylic acid groups (broad SMARTS) is 1. The van der Waals surface area contributed by atoms with Crippen LogP contribution >= 0.6 is 0 Å². The number of rotatable bonds is 2. The van der Waals surface area contributed by atoms with E-state index in [0.717, 1.165) is 18.5 Å². The van der Waals surface area contributed by atoms with Gasteiger partial charge in [0.25, 0.3) is 0 Å². The van der Waals surface area contributed by atoms with Crippen molar-refractivity contribution in [2.45, 2.75) is 12.0 Å². The van der Waals surface area contributed by atoms with E-state index in [9.17, 15) is 4.79 Å². The summed E-state index contributed by atoms with van der Waals surface area (Å²) in [5.41, 5.74) is 0.574. The van der Waals surface area contributed by atoms with Crippen molar-refractivity contribution in [1.29, 1.82) is 0 Å². The Hall–Kier alpha value is -1.55. The maximum atomic E-state index is 10.8. The minimum absolute atomic E-state index is 0.451. The smallest absolute Gasteiger partial charge is 0.405 e. The Kier molecular flexibility index (Phi) is 2.60. The van der Waals surface area contributed by atoms with Crippen LogP contribution in [0.4, 0.5) is 4.79 Å². The first-order valence-corrected chi connectivity index (χ1v) is 5.00. The van der Waals surface area contributed by atoms with Gasteiger partial charge in [0.2, 0.25) is 0 Å². The van der Waals surface area contributed by atoms with Crippen molar-refractivity contribution in [3.63, 3.8) is 0 Å². The lowest BCUT2D eigenvalue weighted by Crippen LogP contribution is -2.46. The first kappa shape index (κ1) is 9.98. The van der Waals surface area contributed by atoms with E-state index < -0.39 is 11.6 Å². The van der Waals surface area contributed by atoms with Gasteiger partial charge in [-0.2, -0.15) is 0 Å². The molecular weight excluding hydrogens is 192 g/mol. The summed E-state index contributed by atoms with van der Waals surface area (Å²) in [6.45, 7) is 1.50. The summed E-state index contributed by atoms with van der Waals surface area (Å²) in [5, 5.41) is 14.7. The van der Waals surface area contributed by atoms with Crippen molar-refractivity contribution in [3.8, 4) is 0 Å². The predicted octanol–water partition coefficient (Wildman–Crippen LogP) is 1.14. The molecule has 80 valence electrons. The quantitative estimate of drug-likeness (QED) is 0.680. The Labute approximate surface area is 88.3 Å². The Morgan fingerprint density at radius 1 is 1.40 bits per heavy atom. The van der Waals surface area contributed by atoms with Gasteiger partial charge < -0.3 is 15.7 Å². The minimum atomic E-state index is -0.970. The van der Waals surface area contributed by atoms with E-state index in [1.165, 1.54) is 0 Å². The van der Waals surface area contributed by atoms with Gasteiger partial charge in [0, 0.05) is 6.54 Å². The lowest BCUT2D eigenvalue weighted by Gasteiger charge is -2.28. The largest absolute Gasteiger partial charge is 0.465 e. The van der Waals surface area contributed by atoms with Crippen molar-refractivity contribution >= 4 is 6.09 Å². The first-order chi connectivity index (χ1) is 7.23. The summed E-state index contributed by atoms with van der Waals surface area (Å²) in [7, 11) is 0. The number of hydrogen-bond acceptors (Lipinski definition) is 2. The van der Waals surface area contributed by atoms with Crippen LogP contribution in [0.1, 0.15) is 12.0 Å². The molecule has 1 aromatic rings. The molecular formula is C11H14N2O2. The van der Waals surface area contributed by atoms with Gasteiger partial charge in [0.1, 0.15) is 0 Å². The van der Waals surface area contributed by atoms with Crippen LogP contribution in [-0.4, -0.2) is 24.3 Å². The average molecular weight is 206 g/mol. The lowest BCUT2D eigenvalue weighted by molar-refractivity contribution is 0.179. The first-order valence-electron chi connectivity index (χ1n) is 5.00. The summed E-state index contributed by atoms with van der Waals surface area (Å²) >= 11 is 0. The summed E-state index contributed by atoms with van der Waals surface area (Å²) in [4.78, 5) is 10.8. The molecule has 15 heavy (non-hydrogen) atoms. The van der Waals surface area contributed by atoms with Gasteiger partial charge in [-0.1, -0.05) is 30.3 Å². The Morgan fingerprint density at radius 2 is 2.13 bits per heavy atom.